The Morgan fingerprint density at radius 2 is 2.07 bits per heavy atom. The molecule has 1 aliphatic rings. The van der Waals surface area contributed by atoms with Crippen LogP contribution in [0.1, 0.15) is 23.2 Å². The normalized spacial score (nSPS) is 16.7. The molecule has 3 heteroatoms. The molecular formula is C12H11NOS. The van der Waals surface area contributed by atoms with Crippen molar-refractivity contribution in [1.82, 2.24) is 0 Å². The summed E-state index contributed by atoms with van der Waals surface area (Å²) in [6.45, 7) is 0. The fourth-order valence-corrected chi connectivity index (χ4v) is 2.41. The van der Waals surface area contributed by atoms with Gasteiger partial charge in [-0.2, -0.15) is 5.26 Å². The first-order valence-corrected chi connectivity index (χ1v) is 5.85. The lowest BCUT2D eigenvalue weighted by molar-refractivity contribution is 0.0983. The van der Waals surface area contributed by atoms with E-state index in [1.165, 1.54) is 0 Å². The number of benzene rings is 1. The average Bonchev–Trinajstić information content (AvgIpc) is 3.10. The summed E-state index contributed by atoms with van der Waals surface area (Å²) in [7, 11) is 0. The SMILES string of the molecule is N#CSC(C(=O)c1ccccc1)C1CC1. The van der Waals surface area contributed by atoms with Gasteiger partial charge in [0.25, 0.3) is 0 Å². The van der Waals surface area contributed by atoms with E-state index in [1.807, 2.05) is 35.7 Å². The van der Waals surface area contributed by atoms with Gasteiger partial charge in [-0.05, 0) is 30.5 Å². The predicted octanol–water partition coefficient (Wildman–Crippen LogP) is 2.86. The molecule has 1 aromatic rings. The highest BCUT2D eigenvalue weighted by Gasteiger charge is 2.37. The number of hydrogen-bond donors (Lipinski definition) is 0. The molecule has 0 bridgehead atoms. The van der Waals surface area contributed by atoms with Crippen molar-refractivity contribution < 1.29 is 4.79 Å². The van der Waals surface area contributed by atoms with Crippen LogP contribution in [0.4, 0.5) is 0 Å². The molecule has 1 aromatic carbocycles. The average molecular weight is 217 g/mol. The van der Waals surface area contributed by atoms with E-state index in [1.54, 1.807) is 0 Å². The van der Waals surface area contributed by atoms with Crippen LogP contribution in [-0.2, 0) is 0 Å². The Morgan fingerprint density at radius 1 is 1.40 bits per heavy atom. The predicted molar refractivity (Wildman–Crippen MR) is 60.5 cm³/mol. The Bertz CT molecular complexity index is 392. The number of carbonyl (C=O) groups is 1. The van der Waals surface area contributed by atoms with Crippen LogP contribution in [0.15, 0.2) is 30.3 Å². The van der Waals surface area contributed by atoms with Gasteiger partial charge in [-0.15, -0.1) is 0 Å². The first-order valence-electron chi connectivity index (χ1n) is 4.97. The van der Waals surface area contributed by atoms with Gasteiger partial charge in [0.2, 0.25) is 0 Å². The number of nitrogens with zero attached hydrogens (tertiary/aromatic N) is 1. The molecule has 0 saturated heterocycles. The molecule has 0 spiro atoms. The summed E-state index contributed by atoms with van der Waals surface area (Å²) >= 11 is 1.11. The smallest absolute Gasteiger partial charge is 0.177 e. The van der Waals surface area contributed by atoms with Gasteiger partial charge in [0.1, 0.15) is 5.40 Å². The third-order valence-corrected chi connectivity index (χ3v) is 3.50. The van der Waals surface area contributed by atoms with Crippen molar-refractivity contribution >= 4 is 17.5 Å². The van der Waals surface area contributed by atoms with Crippen LogP contribution in [-0.4, -0.2) is 11.0 Å². The summed E-state index contributed by atoms with van der Waals surface area (Å²) in [6, 6.07) is 9.23. The van der Waals surface area contributed by atoms with Crippen molar-refractivity contribution in [3.05, 3.63) is 35.9 Å². The van der Waals surface area contributed by atoms with Crippen molar-refractivity contribution in [1.29, 1.82) is 5.26 Å². The first kappa shape index (κ1) is 10.3. The zero-order valence-electron chi connectivity index (χ0n) is 8.22. The molecule has 15 heavy (non-hydrogen) atoms. The minimum absolute atomic E-state index is 0.102. The van der Waals surface area contributed by atoms with Crippen molar-refractivity contribution in [2.24, 2.45) is 5.92 Å². The van der Waals surface area contributed by atoms with Crippen molar-refractivity contribution in [2.75, 3.05) is 0 Å². The van der Waals surface area contributed by atoms with E-state index < -0.39 is 0 Å². The van der Waals surface area contributed by atoms with Crippen LogP contribution in [0.3, 0.4) is 0 Å². The van der Waals surface area contributed by atoms with E-state index in [4.69, 9.17) is 5.26 Å². The number of thioether (sulfide) groups is 1. The number of hydrogen-bond acceptors (Lipinski definition) is 3. The van der Waals surface area contributed by atoms with Crippen molar-refractivity contribution in [3.63, 3.8) is 0 Å². The van der Waals surface area contributed by atoms with Gasteiger partial charge in [0, 0.05) is 5.56 Å². The van der Waals surface area contributed by atoms with E-state index in [9.17, 15) is 4.79 Å². The highest BCUT2D eigenvalue weighted by atomic mass is 32.2. The number of carbonyl (C=O) groups excluding carboxylic acids is 1. The maximum atomic E-state index is 12.0. The minimum Gasteiger partial charge on any atom is -0.293 e. The third-order valence-electron chi connectivity index (χ3n) is 2.55. The van der Waals surface area contributed by atoms with Gasteiger partial charge in [-0.3, -0.25) is 4.79 Å². The summed E-state index contributed by atoms with van der Waals surface area (Å²) in [4.78, 5) is 12.0. The van der Waals surface area contributed by atoms with Gasteiger partial charge in [0.15, 0.2) is 5.78 Å². The lowest BCUT2D eigenvalue weighted by Gasteiger charge is -2.09. The van der Waals surface area contributed by atoms with Crippen molar-refractivity contribution in [2.45, 2.75) is 18.1 Å². The quantitative estimate of drug-likeness (QED) is 0.575. The Labute approximate surface area is 93.3 Å². The molecule has 0 aliphatic heterocycles. The van der Waals surface area contributed by atoms with Gasteiger partial charge in [0.05, 0.1) is 5.25 Å². The molecule has 76 valence electrons. The van der Waals surface area contributed by atoms with Gasteiger partial charge < -0.3 is 0 Å². The second kappa shape index (κ2) is 4.50. The summed E-state index contributed by atoms with van der Waals surface area (Å²) in [5.74, 6) is 0.520. The minimum atomic E-state index is -0.155. The fraction of sp³-hybridized carbons (Fsp3) is 0.333. The van der Waals surface area contributed by atoms with Crippen LogP contribution in [0.2, 0.25) is 0 Å². The van der Waals surface area contributed by atoms with Gasteiger partial charge >= 0.3 is 0 Å². The fourth-order valence-electron chi connectivity index (χ4n) is 1.59. The Balaban J connectivity index is 2.15. The Morgan fingerprint density at radius 3 is 2.60 bits per heavy atom. The largest absolute Gasteiger partial charge is 0.293 e. The number of rotatable bonds is 4. The van der Waals surface area contributed by atoms with Crippen molar-refractivity contribution in [3.8, 4) is 5.40 Å². The monoisotopic (exact) mass is 217 g/mol. The van der Waals surface area contributed by atoms with Crippen LogP contribution in [0, 0.1) is 16.6 Å². The zero-order valence-corrected chi connectivity index (χ0v) is 9.04. The maximum Gasteiger partial charge on any atom is 0.177 e. The molecule has 0 N–H and O–H groups in total. The van der Waals surface area contributed by atoms with E-state index in [-0.39, 0.29) is 11.0 Å². The van der Waals surface area contributed by atoms with Crippen LogP contribution in [0.25, 0.3) is 0 Å². The summed E-state index contributed by atoms with van der Waals surface area (Å²) < 4.78 is 0. The lowest BCUT2D eigenvalue weighted by Crippen LogP contribution is -2.19. The molecule has 1 atom stereocenters. The van der Waals surface area contributed by atoms with E-state index in [0.29, 0.717) is 5.92 Å². The van der Waals surface area contributed by atoms with Gasteiger partial charge in [-0.1, -0.05) is 30.3 Å². The summed E-state index contributed by atoms with van der Waals surface area (Å²) in [5.41, 5.74) is 0.720. The second-order valence-corrected chi connectivity index (χ2v) is 4.62. The molecule has 0 heterocycles. The molecule has 1 unspecified atom stereocenters. The maximum absolute atomic E-state index is 12.0. The van der Waals surface area contributed by atoms with Crippen LogP contribution >= 0.6 is 11.8 Å². The topological polar surface area (TPSA) is 40.9 Å². The molecular weight excluding hydrogens is 206 g/mol. The highest BCUT2D eigenvalue weighted by Crippen LogP contribution is 2.40. The molecule has 1 saturated carbocycles. The zero-order chi connectivity index (χ0) is 10.7. The third kappa shape index (κ3) is 2.40. The van der Waals surface area contributed by atoms with E-state index in [0.717, 1.165) is 30.2 Å². The summed E-state index contributed by atoms with van der Waals surface area (Å²) in [5, 5.41) is 10.6. The number of Topliss-reactive ketones (excluding diaryl/α,β-unsaturated/α-hetero) is 1. The molecule has 0 radical (unpaired) electrons. The van der Waals surface area contributed by atoms with Gasteiger partial charge in [-0.25, -0.2) is 0 Å². The molecule has 0 amide bonds. The number of ketones is 1. The lowest BCUT2D eigenvalue weighted by atomic mass is 10.1. The second-order valence-electron chi connectivity index (χ2n) is 3.70. The number of nitriles is 1. The Hall–Kier alpha value is -1.27. The molecule has 1 fully saturated rings. The molecule has 2 rings (SSSR count). The summed E-state index contributed by atoms with van der Waals surface area (Å²) in [6.07, 6.45) is 2.16. The molecule has 1 aliphatic carbocycles. The van der Waals surface area contributed by atoms with Crippen LogP contribution in [0.5, 0.6) is 0 Å². The van der Waals surface area contributed by atoms with E-state index in [2.05, 4.69) is 0 Å². The van der Waals surface area contributed by atoms with E-state index >= 15 is 0 Å². The standard InChI is InChI=1S/C12H11NOS/c13-8-15-12(10-6-7-10)11(14)9-4-2-1-3-5-9/h1-5,10,12H,6-7H2. The number of thiocyanates is 1. The van der Waals surface area contributed by atoms with Crippen LogP contribution < -0.4 is 0 Å². The Kier molecular flexibility index (Phi) is 3.08. The molecule has 2 nitrogen and oxygen atoms in total. The highest BCUT2D eigenvalue weighted by molar-refractivity contribution is 8.05. The first-order chi connectivity index (χ1) is 7.33. The molecule has 0 aromatic heterocycles.